The quantitative estimate of drug-likeness (QED) is 0.855. The molecule has 0 atom stereocenters. The fourth-order valence-electron chi connectivity index (χ4n) is 1.43. The standard InChI is InChI=1S/C13H16FNO5/c1-13(2,12(17)18)15-11(16)7-5-9(19-3)10(20-4)6-8(7)14/h5-6H,1-4H3,(H,15,16)(H,17,18). The number of hydrogen-bond acceptors (Lipinski definition) is 4. The first-order chi connectivity index (χ1) is 9.22. The summed E-state index contributed by atoms with van der Waals surface area (Å²) in [5, 5.41) is 11.2. The Bertz CT molecular complexity index is 542. The van der Waals surface area contributed by atoms with Crippen molar-refractivity contribution in [3.8, 4) is 11.5 Å². The van der Waals surface area contributed by atoms with Crippen molar-refractivity contribution in [2.75, 3.05) is 14.2 Å². The van der Waals surface area contributed by atoms with E-state index in [-0.39, 0.29) is 17.1 Å². The number of hydrogen-bond donors (Lipinski definition) is 2. The van der Waals surface area contributed by atoms with Gasteiger partial charge in [-0.05, 0) is 19.9 Å². The third-order valence-electron chi connectivity index (χ3n) is 2.68. The SMILES string of the molecule is COc1cc(F)c(C(=O)NC(C)(C)C(=O)O)cc1OC. The van der Waals surface area contributed by atoms with Crippen molar-refractivity contribution in [3.63, 3.8) is 0 Å². The molecule has 1 amide bonds. The summed E-state index contributed by atoms with van der Waals surface area (Å²) in [5.41, 5.74) is -1.84. The maximum absolute atomic E-state index is 13.8. The Balaban J connectivity index is 3.14. The van der Waals surface area contributed by atoms with Crippen LogP contribution in [0.4, 0.5) is 4.39 Å². The van der Waals surface area contributed by atoms with Crippen molar-refractivity contribution >= 4 is 11.9 Å². The molecule has 1 rings (SSSR count). The smallest absolute Gasteiger partial charge is 0.328 e. The second kappa shape index (κ2) is 5.77. The van der Waals surface area contributed by atoms with Gasteiger partial charge in [0.2, 0.25) is 0 Å². The highest BCUT2D eigenvalue weighted by atomic mass is 19.1. The molecule has 0 aliphatic rings. The Kier molecular flexibility index (Phi) is 4.54. The Morgan fingerprint density at radius 2 is 1.70 bits per heavy atom. The number of benzene rings is 1. The zero-order valence-corrected chi connectivity index (χ0v) is 11.6. The zero-order chi connectivity index (χ0) is 15.5. The molecular formula is C13H16FNO5. The molecule has 0 spiro atoms. The minimum atomic E-state index is -1.52. The lowest BCUT2D eigenvalue weighted by atomic mass is 10.0. The van der Waals surface area contributed by atoms with Crippen molar-refractivity contribution in [2.24, 2.45) is 0 Å². The number of carbonyl (C=O) groups is 2. The normalized spacial score (nSPS) is 10.8. The molecule has 0 bridgehead atoms. The largest absolute Gasteiger partial charge is 0.493 e. The Morgan fingerprint density at radius 3 is 2.15 bits per heavy atom. The van der Waals surface area contributed by atoms with Gasteiger partial charge in [0.1, 0.15) is 11.4 Å². The van der Waals surface area contributed by atoms with Crippen LogP contribution in [-0.2, 0) is 4.79 Å². The summed E-state index contributed by atoms with van der Waals surface area (Å²) in [4.78, 5) is 22.9. The molecule has 7 heteroatoms. The summed E-state index contributed by atoms with van der Waals surface area (Å²) in [6.07, 6.45) is 0. The van der Waals surface area contributed by atoms with E-state index in [9.17, 15) is 14.0 Å². The van der Waals surface area contributed by atoms with Crippen LogP contribution in [0.3, 0.4) is 0 Å². The van der Waals surface area contributed by atoms with Gasteiger partial charge in [0.05, 0.1) is 19.8 Å². The number of aliphatic carboxylic acids is 1. The maximum Gasteiger partial charge on any atom is 0.328 e. The van der Waals surface area contributed by atoms with Gasteiger partial charge < -0.3 is 19.9 Å². The van der Waals surface area contributed by atoms with Crippen LogP contribution in [0.2, 0.25) is 0 Å². The van der Waals surface area contributed by atoms with Crippen LogP contribution in [0.25, 0.3) is 0 Å². The molecule has 0 heterocycles. The first-order valence-electron chi connectivity index (χ1n) is 5.70. The second-order valence-electron chi connectivity index (χ2n) is 4.57. The van der Waals surface area contributed by atoms with Crippen molar-refractivity contribution in [1.82, 2.24) is 5.32 Å². The summed E-state index contributed by atoms with van der Waals surface area (Å²) < 4.78 is 23.7. The van der Waals surface area contributed by atoms with E-state index < -0.39 is 23.2 Å². The van der Waals surface area contributed by atoms with Crippen molar-refractivity contribution < 1.29 is 28.6 Å². The van der Waals surface area contributed by atoms with E-state index in [0.29, 0.717) is 0 Å². The number of amides is 1. The number of ether oxygens (including phenoxy) is 2. The molecule has 0 unspecified atom stereocenters. The Labute approximate surface area is 115 Å². The van der Waals surface area contributed by atoms with Crippen molar-refractivity contribution in [2.45, 2.75) is 19.4 Å². The molecular weight excluding hydrogens is 269 g/mol. The van der Waals surface area contributed by atoms with Crippen LogP contribution in [0.15, 0.2) is 12.1 Å². The number of carboxylic acids is 1. The lowest BCUT2D eigenvalue weighted by Gasteiger charge is -2.21. The topological polar surface area (TPSA) is 84.9 Å². The van der Waals surface area contributed by atoms with E-state index in [0.717, 1.165) is 12.1 Å². The molecule has 6 nitrogen and oxygen atoms in total. The highest BCUT2D eigenvalue weighted by Crippen LogP contribution is 2.29. The predicted molar refractivity (Wildman–Crippen MR) is 68.7 cm³/mol. The van der Waals surface area contributed by atoms with Crippen LogP contribution in [0.1, 0.15) is 24.2 Å². The van der Waals surface area contributed by atoms with Gasteiger partial charge in [-0.3, -0.25) is 4.79 Å². The summed E-state index contributed by atoms with van der Waals surface area (Å²) in [7, 11) is 2.68. The molecule has 0 aliphatic carbocycles. The Hall–Kier alpha value is -2.31. The van der Waals surface area contributed by atoms with Crippen LogP contribution < -0.4 is 14.8 Å². The third-order valence-corrected chi connectivity index (χ3v) is 2.68. The van der Waals surface area contributed by atoms with Gasteiger partial charge in [-0.15, -0.1) is 0 Å². The predicted octanol–water partition coefficient (Wildman–Crippen LogP) is 1.44. The molecule has 1 aromatic rings. The summed E-state index contributed by atoms with van der Waals surface area (Å²) >= 11 is 0. The van der Waals surface area contributed by atoms with Crippen LogP contribution in [-0.4, -0.2) is 36.7 Å². The van der Waals surface area contributed by atoms with Gasteiger partial charge in [-0.2, -0.15) is 0 Å². The Morgan fingerprint density at radius 1 is 1.20 bits per heavy atom. The van der Waals surface area contributed by atoms with E-state index >= 15 is 0 Å². The van der Waals surface area contributed by atoms with E-state index in [1.54, 1.807) is 0 Å². The van der Waals surface area contributed by atoms with Crippen molar-refractivity contribution in [3.05, 3.63) is 23.5 Å². The van der Waals surface area contributed by atoms with Gasteiger partial charge >= 0.3 is 5.97 Å². The highest BCUT2D eigenvalue weighted by molar-refractivity contribution is 5.98. The summed E-state index contributed by atoms with van der Waals surface area (Å²) in [5.74, 6) is -2.60. The molecule has 0 saturated carbocycles. The number of halogens is 1. The summed E-state index contributed by atoms with van der Waals surface area (Å²) in [6, 6.07) is 2.16. The molecule has 110 valence electrons. The number of methoxy groups -OCH3 is 2. The van der Waals surface area contributed by atoms with Gasteiger partial charge in [0, 0.05) is 6.07 Å². The summed E-state index contributed by atoms with van der Waals surface area (Å²) in [6.45, 7) is 2.60. The van der Waals surface area contributed by atoms with Gasteiger partial charge in [-0.1, -0.05) is 0 Å². The van der Waals surface area contributed by atoms with Crippen molar-refractivity contribution in [1.29, 1.82) is 0 Å². The van der Waals surface area contributed by atoms with E-state index in [2.05, 4.69) is 5.32 Å². The third kappa shape index (κ3) is 3.17. The van der Waals surface area contributed by atoms with Crippen LogP contribution >= 0.6 is 0 Å². The highest BCUT2D eigenvalue weighted by Gasteiger charge is 2.30. The monoisotopic (exact) mass is 285 g/mol. The number of carboxylic acid groups (broad SMARTS) is 1. The number of carbonyl (C=O) groups excluding carboxylic acids is 1. The number of nitrogens with one attached hydrogen (secondary N) is 1. The van der Waals surface area contributed by atoms with Crippen LogP contribution in [0.5, 0.6) is 11.5 Å². The van der Waals surface area contributed by atoms with Gasteiger partial charge in [0.25, 0.3) is 5.91 Å². The van der Waals surface area contributed by atoms with E-state index in [1.165, 1.54) is 28.1 Å². The minimum absolute atomic E-state index is 0.138. The fourth-order valence-corrected chi connectivity index (χ4v) is 1.43. The molecule has 0 saturated heterocycles. The first kappa shape index (κ1) is 15.7. The maximum atomic E-state index is 13.8. The van der Waals surface area contributed by atoms with Gasteiger partial charge in [0.15, 0.2) is 11.5 Å². The molecule has 2 N–H and O–H groups in total. The number of rotatable bonds is 5. The zero-order valence-electron chi connectivity index (χ0n) is 11.6. The minimum Gasteiger partial charge on any atom is -0.493 e. The first-order valence-corrected chi connectivity index (χ1v) is 5.70. The fraction of sp³-hybridized carbons (Fsp3) is 0.385. The molecule has 0 fully saturated rings. The molecule has 1 aromatic carbocycles. The lowest BCUT2D eigenvalue weighted by molar-refractivity contribution is -0.143. The van der Waals surface area contributed by atoms with E-state index in [4.69, 9.17) is 14.6 Å². The second-order valence-corrected chi connectivity index (χ2v) is 4.57. The average molecular weight is 285 g/mol. The molecule has 20 heavy (non-hydrogen) atoms. The lowest BCUT2D eigenvalue weighted by Crippen LogP contribution is -2.49. The molecule has 0 aliphatic heterocycles. The average Bonchev–Trinajstić information content (AvgIpc) is 2.37. The van der Waals surface area contributed by atoms with Crippen LogP contribution in [0, 0.1) is 5.82 Å². The van der Waals surface area contributed by atoms with Gasteiger partial charge in [-0.25, -0.2) is 9.18 Å². The molecule has 0 radical (unpaired) electrons. The molecule has 0 aromatic heterocycles. The van der Waals surface area contributed by atoms with E-state index in [1.807, 2.05) is 0 Å².